The smallest absolute Gasteiger partial charge is 0.416 e. The predicted octanol–water partition coefficient (Wildman–Crippen LogP) is 4.68. The SMILES string of the molecule is CCC(C)NC(=O)c1ccccc1NC(=O)c1nn(-c2cccc(C(F)(F)F)c2)cc1OC. The van der Waals surface area contributed by atoms with Crippen LogP contribution in [-0.4, -0.2) is 34.7 Å². The lowest BCUT2D eigenvalue weighted by Crippen LogP contribution is -2.32. The third-order valence-electron chi connectivity index (χ3n) is 4.96. The number of alkyl halides is 3. The topological polar surface area (TPSA) is 85.3 Å². The summed E-state index contributed by atoms with van der Waals surface area (Å²) in [7, 11) is 1.32. The van der Waals surface area contributed by atoms with Crippen molar-refractivity contribution in [1.29, 1.82) is 0 Å². The number of aromatic nitrogens is 2. The Balaban J connectivity index is 1.90. The Morgan fingerprint density at radius 3 is 2.52 bits per heavy atom. The van der Waals surface area contributed by atoms with E-state index in [2.05, 4.69) is 15.7 Å². The molecule has 1 atom stereocenters. The lowest BCUT2D eigenvalue weighted by molar-refractivity contribution is -0.137. The second kappa shape index (κ2) is 9.76. The molecular formula is C23H23F3N4O3. The number of carbonyl (C=O) groups is 2. The van der Waals surface area contributed by atoms with Crippen molar-refractivity contribution in [2.75, 3.05) is 12.4 Å². The van der Waals surface area contributed by atoms with Gasteiger partial charge in [0.1, 0.15) is 0 Å². The molecule has 0 aliphatic rings. The molecule has 0 bridgehead atoms. The van der Waals surface area contributed by atoms with Gasteiger partial charge in [0.2, 0.25) is 0 Å². The van der Waals surface area contributed by atoms with Gasteiger partial charge in [-0.05, 0) is 43.7 Å². The number of rotatable bonds is 7. The number of halogens is 3. The first kappa shape index (κ1) is 23.8. The molecule has 3 rings (SSSR count). The van der Waals surface area contributed by atoms with Crippen molar-refractivity contribution in [1.82, 2.24) is 15.1 Å². The minimum absolute atomic E-state index is 0.0514. The third-order valence-corrected chi connectivity index (χ3v) is 4.96. The molecule has 0 fully saturated rings. The summed E-state index contributed by atoms with van der Waals surface area (Å²) in [5, 5.41) is 9.60. The molecule has 0 radical (unpaired) electrons. The van der Waals surface area contributed by atoms with E-state index in [1.165, 1.54) is 25.4 Å². The molecule has 2 aromatic carbocycles. The lowest BCUT2D eigenvalue weighted by Gasteiger charge is -2.14. The predicted molar refractivity (Wildman–Crippen MR) is 117 cm³/mol. The summed E-state index contributed by atoms with van der Waals surface area (Å²) in [6, 6.07) is 11.0. The van der Waals surface area contributed by atoms with Crippen LogP contribution >= 0.6 is 0 Å². The molecule has 0 aliphatic carbocycles. The number of para-hydroxylation sites is 1. The summed E-state index contributed by atoms with van der Waals surface area (Å²) in [5.41, 5.74) is -0.356. The monoisotopic (exact) mass is 460 g/mol. The molecule has 10 heteroatoms. The van der Waals surface area contributed by atoms with Crippen LogP contribution in [0.2, 0.25) is 0 Å². The number of benzene rings is 2. The molecule has 0 saturated heterocycles. The molecular weight excluding hydrogens is 437 g/mol. The summed E-state index contributed by atoms with van der Waals surface area (Å²) >= 11 is 0. The number of ether oxygens (including phenoxy) is 1. The van der Waals surface area contributed by atoms with Gasteiger partial charge in [-0.15, -0.1) is 0 Å². The molecule has 174 valence electrons. The van der Waals surface area contributed by atoms with Gasteiger partial charge in [0, 0.05) is 6.04 Å². The van der Waals surface area contributed by atoms with Gasteiger partial charge in [0.05, 0.1) is 35.8 Å². The van der Waals surface area contributed by atoms with Crippen LogP contribution in [0.3, 0.4) is 0 Å². The highest BCUT2D eigenvalue weighted by molar-refractivity contribution is 6.09. The van der Waals surface area contributed by atoms with Crippen molar-refractivity contribution >= 4 is 17.5 Å². The number of methoxy groups -OCH3 is 1. The molecule has 2 N–H and O–H groups in total. The Morgan fingerprint density at radius 2 is 1.85 bits per heavy atom. The van der Waals surface area contributed by atoms with Crippen LogP contribution < -0.4 is 15.4 Å². The molecule has 3 aromatic rings. The fourth-order valence-electron chi connectivity index (χ4n) is 3.00. The Hall–Kier alpha value is -3.82. The van der Waals surface area contributed by atoms with E-state index in [1.54, 1.807) is 24.3 Å². The number of nitrogens with zero attached hydrogens (tertiary/aromatic N) is 2. The summed E-state index contributed by atoms with van der Waals surface area (Å²) in [5.74, 6) is -0.963. The first-order valence-corrected chi connectivity index (χ1v) is 10.2. The highest BCUT2D eigenvalue weighted by Crippen LogP contribution is 2.31. The first-order chi connectivity index (χ1) is 15.6. The number of anilines is 1. The van der Waals surface area contributed by atoms with E-state index in [-0.39, 0.29) is 40.3 Å². The van der Waals surface area contributed by atoms with E-state index in [4.69, 9.17) is 4.74 Å². The van der Waals surface area contributed by atoms with Crippen LogP contribution in [0, 0.1) is 0 Å². The maximum absolute atomic E-state index is 13.1. The zero-order chi connectivity index (χ0) is 24.2. The third kappa shape index (κ3) is 5.51. The van der Waals surface area contributed by atoms with Gasteiger partial charge in [-0.2, -0.15) is 18.3 Å². The normalized spacial score (nSPS) is 12.2. The minimum atomic E-state index is -4.52. The molecule has 0 spiro atoms. The fraction of sp³-hybridized carbons (Fsp3) is 0.261. The number of amides is 2. The summed E-state index contributed by atoms with van der Waals surface area (Å²) in [4.78, 5) is 25.5. The second-order valence-corrected chi connectivity index (χ2v) is 7.32. The van der Waals surface area contributed by atoms with Crippen LogP contribution in [0.5, 0.6) is 5.75 Å². The molecule has 0 aliphatic heterocycles. The summed E-state index contributed by atoms with van der Waals surface area (Å²) in [6.45, 7) is 3.80. The number of hydrogen-bond donors (Lipinski definition) is 2. The Kier molecular flexibility index (Phi) is 7.05. The molecule has 33 heavy (non-hydrogen) atoms. The van der Waals surface area contributed by atoms with Crippen molar-refractivity contribution in [3.05, 3.63) is 71.5 Å². The summed E-state index contributed by atoms with van der Waals surface area (Å²) in [6.07, 6.45) is -2.47. The number of nitrogens with one attached hydrogen (secondary N) is 2. The van der Waals surface area contributed by atoms with Crippen LogP contribution in [0.1, 0.15) is 46.7 Å². The maximum atomic E-state index is 13.1. The zero-order valence-corrected chi connectivity index (χ0v) is 18.2. The Morgan fingerprint density at radius 1 is 1.12 bits per heavy atom. The van der Waals surface area contributed by atoms with Crippen molar-refractivity contribution in [3.63, 3.8) is 0 Å². The van der Waals surface area contributed by atoms with Crippen molar-refractivity contribution < 1.29 is 27.5 Å². The van der Waals surface area contributed by atoms with Gasteiger partial charge in [0.15, 0.2) is 11.4 Å². The van der Waals surface area contributed by atoms with Crippen LogP contribution in [0.25, 0.3) is 5.69 Å². The van der Waals surface area contributed by atoms with Gasteiger partial charge in [-0.3, -0.25) is 9.59 Å². The van der Waals surface area contributed by atoms with Gasteiger partial charge in [-0.1, -0.05) is 25.1 Å². The van der Waals surface area contributed by atoms with E-state index in [9.17, 15) is 22.8 Å². The van der Waals surface area contributed by atoms with E-state index in [0.717, 1.165) is 23.2 Å². The van der Waals surface area contributed by atoms with E-state index >= 15 is 0 Å². The number of carbonyl (C=O) groups excluding carboxylic acids is 2. The van der Waals surface area contributed by atoms with Crippen LogP contribution in [0.4, 0.5) is 18.9 Å². The molecule has 1 unspecified atom stereocenters. The van der Waals surface area contributed by atoms with Crippen molar-refractivity contribution in [2.45, 2.75) is 32.5 Å². The lowest BCUT2D eigenvalue weighted by atomic mass is 10.1. The molecule has 1 aromatic heterocycles. The highest BCUT2D eigenvalue weighted by atomic mass is 19.4. The molecule has 1 heterocycles. The fourth-order valence-corrected chi connectivity index (χ4v) is 3.00. The maximum Gasteiger partial charge on any atom is 0.416 e. The highest BCUT2D eigenvalue weighted by Gasteiger charge is 2.31. The van der Waals surface area contributed by atoms with Crippen LogP contribution in [0.15, 0.2) is 54.7 Å². The Labute approximate surface area is 188 Å². The first-order valence-electron chi connectivity index (χ1n) is 10.2. The van der Waals surface area contributed by atoms with Crippen molar-refractivity contribution in [3.8, 4) is 11.4 Å². The number of hydrogen-bond acceptors (Lipinski definition) is 4. The van der Waals surface area contributed by atoms with Crippen molar-refractivity contribution in [2.24, 2.45) is 0 Å². The van der Waals surface area contributed by atoms with Gasteiger partial charge in [-0.25, -0.2) is 4.68 Å². The average molecular weight is 460 g/mol. The quantitative estimate of drug-likeness (QED) is 0.536. The average Bonchev–Trinajstić information content (AvgIpc) is 3.23. The summed E-state index contributed by atoms with van der Waals surface area (Å²) < 4.78 is 45.5. The largest absolute Gasteiger partial charge is 0.493 e. The van der Waals surface area contributed by atoms with E-state index in [1.807, 2.05) is 13.8 Å². The Bertz CT molecular complexity index is 1160. The zero-order valence-electron chi connectivity index (χ0n) is 18.2. The molecule has 2 amide bonds. The van der Waals surface area contributed by atoms with Gasteiger partial charge >= 0.3 is 6.18 Å². The van der Waals surface area contributed by atoms with E-state index < -0.39 is 17.6 Å². The van der Waals surface area contributed by atoms with Gasteiger partial charge < -0.3 is 15.4 Å². The van der Waals surface area contributed by atoms with Gasteiger partial charge in [0.25, 0.3) is 11.8 Å². The molecule has 0 saturated carbocycles. The van der Waals surface area contributed by atoms with Crippen LogP contribution in [-0.2, 0) is 6.18 Å². The standard InChI is InChI=1S/C23H23F3N4O3/c1-4-14(2)27-21(31)17-10-5-6-11-18(17)28-22(32)20-19(33-3)13-30(29-20)16-9-7-8-15(12-16)23(24,25)26/h5-14H,4H2,1-3H3,(H,27,31)(H,28,32). The van der Waals surface area contributed by atoms with E-state index in [0.29, 0.717) is 0 Å². The minimum Gasteiger partial charge on any atom is -0.493 e. The molecule has 7 nitrogen and oxygen atoms in total. The second-order valence-electron chi connectivity index (χ2n) is 7.32.